The number of halogens is 7. The molecule has 0 saturated carbocycles. The zero-order chi connectivity index (χ0) is 15.1. The maximum absolute atomic E-state index is 13.4. The fourth-order valence-corrected chi connectivity index (χ4v) is 2.55. The highest BCUT2D eigenvalue weighted by molar-refractivity contribution is 7.92. The molecule has 0 amide bonds. The SMILES string of the molecule is O=S(=O)(c1[c]cccc1)C(F)(C(F)(F)F)C(F)(F)F. The molecule has 1 radical (unpaired) electrons. The minimum absolute atomic E-state index is 0.390. The normalized spacial score (nSPS) is 14.5. The van der Waals surface area contributed by atoms with Crippen molar-refractivity contribution in [3.8, 4) is 0 Å². The van der Waals surface area contributed by atoms with Gasteiger partial charge in [-0.15, -0.1) is 0 Å². The highest BCUT2D eigenvalue weighted by Gasteiger charge is 2.80. The van der Waals surface area contributed by atoms with Crippen LogP contribution in [-0.2, 0) is 9.84 Å². The van der Waals surface area contributed by atoms with Gasteiger partial charge in [0.2, 0.25) is 9.84 Å². The summed E-state index contributed by atoms with van der Waals surface area (Å²) in [5.74, 6) is 0. The summed E-state index contributed by atoms with van der Waals surface area (Å²) in [5, 5.41) is -6.38. The summed E-state index contributed by atoms with van der Waals surface area (Å²) in [6, 6.07) is 4.71. The van der Waals surface area contributed by atoms with Gasteiger partial charge in [0.05, 0.1) is 4.90 Å². The summed E-state index contributed by atoms with van der Waals surface area (Å²) in [7, 11) is -6.39. The first kappa shape index (κ1) is 15.7. The van der Waals surface area contributed by atoms with Crippen LogP contribution in [0.3, 0.4) is 0 Å². The van der Waals surface area contributed by atoms with Gasteiger partial charge in [0, 0.05) is 6.07 Å². The molecule has 10 heteroatoms. The predicted octanol–water partition coefficient (Wildman–Crippen LogP) is 3.05. The Morgan fingerprint density at radius 2 is 1.37 bits per heavy atom. The molecule has 0 unspecified atom stereocenters. The Labute approximate surface area is 102 Å². The second kappa shape index (κ2) is 4.36. The van der Waals surface area contributed by atoms with Gasteiger partial charge in [-0.25, -0.2) is 12.8 Å². The minimum atomic E-state index is -6.67. The van der Waals surface area contributed by atoms with Gasteiger partial charge in [0.15, 0.2) is 0 Å². The van der Waals surface area contributed by atoms with Crippen LogP contribution in [0.2, 0.25) is 0 Å². The van der Waals surface area contributed by atoms with Gasteiger partial charge in [-0.1, -0.05) is 18.2 Å². The molecule has 0 atom stereocenters. The summed E-state index contributed by atoms with van der Waals surface area (Å²) < 4.78 is 110. The third kappa shape index (κ3) is 2.28. The third-order valence-corrected chi connectivity index (χ3v) is 4.11. The summed E-state index contributed by atoms with van der Waals surface area (Å²) in [6.45, 7) is 0. The Balaban J connectivity index is 3.62. The lowest BCUT2D eigenvalue weighted by Gasteiger charge is -2.29. The topological polar surface area (TPSA) is 34.1 Å². The van der Waals surface area contributed by atoms with Crippen molar-refractivity contribution in [2.75, 3.05) is 0 Å². The van der Waals surface area contributed by atoms with Crippen LogP contribution in [0.15, 0.2) is 29.2 Å². The third-order valence-electron chi connectivity index (χ3n) is 2.07. The lowest BCUT2D eigenvalue weighted by Crippen LogP contribution is -2.58. The number of rotatable bonds is 2. The Bertz CT molecular complexity index is 530. The summed E-state index contributed by atoms with van der Waals surface area (Å²) >= 11 is 0. The molecule has 107 valence electrons. The lowest BCUT2D eigenvalue weighted by atomic mass is 10.3. The maximum atomic E-state index is 13.4. The molecule has 0 aliphatic rings. The van der Waals surface area contributed by atoms with Crippen LogP contribution in [-0.4, -0.2) is 25.8 Å². The van der Waals surface area contributed by atoms with Crippen LogP contribution in [0, 0.1) is 6.07 Å². The van der Waals surface area contributed by atoms with Crippen molar-refractivity contribution in [2.24, 2.45) is 0 Å². The Kier molecular flexibility index (Phi) is 3.61. The molecule has 0 saturated heterocycles. The largest absolute Gasteiger partial charge is 0.447 e. The van der Waals surface area contributed by atoms with Crippen molar-refractivity contribution in [3.63, 3.8) is 0 Å². The quantitative estimate of drug-likeness (QED) is 0.787. The number of alkyl halides is 7. The fraction of sp³-hybridized carbons (Fsp3) is 0.333. The number of hydrogen-bond donors (Lipinski definition) is 0. The molecule has 0 aliphatic heterocycles. The standard InChI is InChI=1S/C9H4F7O2S/c10-7(8(11,12)13,9(14,15)16)19(17,18)6-4-2-1-3-5-6/h1-4H. The molecular weight excluding hydrogens is 305 g/mol. The van der Waals surface area contributed by atoms with E-state index in [0.717, 1.165) is 18.2 Å². The highest BCUT2D eigenvalue weighted by Crippen LogP contribution is 2.51. The second-order valence-corrected chi connectivity index (χ2v) is 5.33. The van der Waals surface area contributed by atoms with Crippen LogP contribution in [0.5, 0.6) is 0 Å². The number of hydrogen-bond acceptors (Lipinski definition) is 2. The van der Waals surface area contributed by atoms with Crippen LogP contribution in [0.25, 0.3) is 0 Å². The molecule has 19 heavy (non-hydrogen) atoms. The van der Waals surface area contributed by atoms with Crippen molar-refractivity contribution < 1.29 is 39.2 Å². The predicted molar refractivity (Wildman–Crippen MR) is 48.4 cm³/mol. The lowest BCUT2D eigenvalue weighted by molar-refractivity contribution is -0.305. The molecule has 1 aromatic rings. The van der Waals surface area contributed by atoms with E-state index < -0.39 is 32.1 Å². The summed E-state index contributed by atoms with van der Waals surface area (Å²) in [5.41, 5.74) is 0. The molecule has 0 aliphatic carbocycles. The molecule has 0 N–H and O–H groups in total. The van der Waals surface area contributed by atoms with E-state index in [9.17, 15) is 39.2 Å². The number of sulfone groups is 1. The molecule has 1 aromatic carbocycles. The Morgan fingerprint density at radius 1 is 0.895 bits per heavy atom. The maximum Gasteiger partial charge on any atom is 0.447 e. The van der Waals surface area contributed by atoms with Crippen molar-refractivity contribution in [2.45, 2.75) is 22.2 Å². The number of benzene rings is 1. The fourth-order valence-electron chi connectivity index (χ4n) is 1.16. The van der Waals surface area contributed by atoms with Gasteiger partial charge in [-0.3, -0.25) is 0 Å². The average Bonchev–Trinajstić information content (AvgIpc) is 2.26. The average molecular weight is 309 g/mol. The van der Waals surface area contributed by atoms with Crippen LogP contribution in [0.4, 0.5) is 30.7 Å². The highest BCUT2D eigenvalue weighted by atomic mass is 32.2. The molecule has 0 bridgehead atoms. The van der Waals surface area contributed by atoms with Crippen LogP contribution >= 0.6 is 0 Å². The van der Waals surface area contributed by atoms with Crippen LogP contribution < -0.4 is 0 Å². The van der Waals surface area contributed by atoms with E-state index in [-0.39, 0.29) is 0 Å². The smallest absolute Gasteiger partial charge is 0.220 e. The van der Waals surface area contributed by atoms with E-state index in [1.165, 1.54) is 0 Å². The van der Waals surface area contributed by atoms with Crippen LogP contribution in [0.1, 0.15) is 0 Å². The Morgan fingerprint density at radius 3 is 1.68 bits per heavy atom. The Hall–Kier alpha value is -1.32. The minimum Gasteiger partial charge on any atom is -0.220 e. The zero-order valence-electron chi connectivity index (χ0n) is 8.68. The van der Waals surface area contributed by atoms with Crippen molar-refractivity contribution in [3.05, 3.63) is 30.3 Å². The monoisotopic (exact) mass is 309 g/mol. The second-order valence-electron chi connectivity index (χ2n) is 3.32. The van der Waals surface area contributed by atoms with Gasteiger partial charge in [0.1, 0.15) is 0 Å². The first-order valence-electron chi connectivity index (χ1n) is 4.39. The van der Waals surface area contributed by atoms with Crippen molar-refractivity contribution in [1.82, 2.24) is 0 Å². The van der Waals surface area contributed by atoms with Gasteiger partial charge in [-0.05, 0) is 6.07 Å². The molecule has 2 nitrogen and oxygen atoms in total. The molecular formula is C9H4F7O2S. The summed E-state index contributed by atoms with van der Waals surface area (Å²) in [6.07, 6.45) is -13.3. The van der Waals surface area contributed by atoms with Gasteiger partial charge in [-0.2, -0.15) is 26.3 Å². The molecule has 0 aromatic heterocycles. The molecule has 0 spiro atoms. The molecule has 0 heterocycles. The van der Waals surface area contributed by atoms with E-state index in [0.29, 0.717) is 6.07 Å². The summed E-state index contributed by atoms with van der Waals surface area (Å²) in [4.78, 5) is -1.54. The van der Waals surface area contributed by atoms with E-state index in [1.807, 2.05) is 0 Å². The molecule has 1 rings (SSSR count). The first-order valence-corrected chi connectivity index (χ1v) is 5.87. The zero-order valence-corrected chi connectivity index (χ0v) is 9.50. The molecule has 0 fully saturated rings. The van der Waals surface area contributed by atoms with E-state index in [1.54, 1.807) is 6.07 Å². The van der Waals surface area contributed by atoms with Crippen molar-refractivity contribution in [1.29, 1.82) is 0 Å². The van der Waals surface area contributed by atoms with E-state index in [2.05, 4.69) is 0 Å². The van der Waals surface area contributed by atoms with Gasteiger partial charge in [0.25, 0.3) is 0 Å². The van der Waals surface area contributed by atoms with Gasteiger partial charge < -0.3 is 0 Å². The van der Waals surface area contributed by atoms with Gasteiger partial charge >= 0.3 is 17.4 Å². The van der Waals surface area contributed by atoms with E-state index >= 15 is 0 Å². The van der Waals surface area contributed by atoms with E-state index in [4.69, 9.17) is 0 Å². The van der Waals surface area contributed by atoms with Crippen molar-refractivity contribution >= 4 is 9.84 Å². The first-order chi connectivity index (χ1) is 8.36.